The Hall–Kier alpha value is -2.73. The van der Waals surface area contributed by atoms with Crippen LogP contribution in [0, 0.1) is 5.82 Å². The third-order valence-electron chi connectivity index (χ3n) is 6.56. The standard InChI is InChI=1S/C23H24FN3O2/c1-14-18-5-2-6-21(24)20(18)13-26(14)22(28)15-7-8-19-16(10-15)12-27(23(19)29)17-4-3-9-25-11-17/h2,5-8,10,14,17,25H,3-4,9,11-13H2,1H3. The minimum absolute atomic E-state index is 0.0525. The first-order valence-corrected chi connectivity index (χ1v) is 10.3. The highest BCUT2D eigenvalue weighted by molar-refractivity contribution is 6.01. The summed E-state index contributed by atoms with van der Waals surface area (Å²) in [5, 5.41) is 3.36. The van der Waals surface area contributed by atoms with Gasteiger partial charge in [0, 0.05) is 42.4 Å². The second-order valence-electron chi connectivity index (χ2n) is 8.22. The zero-order valence-corrected chi connectivity index (χ0v) is 16.5. The number of halogens is 1. The number of carbonyl (C=O) groups is 2. The first-order valence-electron chi connectivity index (χ1n) is 10.3. The molecule has 3 heterocycles. The number of nitrogens with one attached hydrogen (secondary N) is 1. The molecule has 2 unspecified atom stereocenters. The lowest BCUT2D eigenvalue weighted by molar-refractivity contribution is 0.0673. The summed E-state index contributed by atoms with van der Waals surface area (Å²) < 4.78 is 14.2. The molecule has 3 aliphatic rings. The van der Waals surface area contributed by atoms with Crippen molar-refractivity contribution in [3.63, 3.8) is 0 Å². The lowest BCUT2D eigenvalue weighted by Gasteiger charge is -2.31. The van der Waals surface area contributed by atoms with Crippen molar-refractivity contribution in [2.24, 2.45) is 0 Å². The van der Waals surface area contributed by atoms with Crippen LogP contribution in [0.4, 0.5) is 4.39 Å². The van der Waals surface area contributed by atoms with Gasteiger partial charge in [0.25, 0.3) is 11.8 Å². The number of amides is 2. The molecule has 0 aliphatic carbocycles. The molecule has 0 aromatic heterocycles. The van der Waals surface area contributed by atoms with Crippen molar-refractivity contribution in [1.82, 2.24) is 15.1 Å². The minimum atomic E-state index is -0.263. The molecule has 1 saturated heterocycles. The summed E-state index contributed by atoms with van der Waals surface area (Å²) >= 11 is 0. The molecule has 29 heavy (non-hydrogen) atoms. The first-order chi connectivity index (χ1) is 14.0. The van der Waals surface area contributed by atoms with Gasteiger partial charge < -0.3 is 15.1 Å². The summed E-state index contributed by atoms with van der Waals surface area (Å²) in [6.07, 6.45) is 2.08. The van der Waals surface area contributed by atoms with Gasteiger partial charge in [0.05, 0.1) is 6.04 Å². The zero-order valence-electron chi connectivity index (χ0n) is 16.5. The van der Waals surface area contributed by atoms with E-state index in [0.717, 1.165) is 37.1 Å². The molecule has 0 spiro atoms. The summed E-state index contributed by atoms with van der Waals surface area (Å²) in [6, 6.07) is 10.4. The molecule has 2 aromatic carbocycles. The Labute approximate surface area is 169 Å². The van der Waals surface area contributed by atoms with Gasteiger partial charge in [-0.2, -0.15) is 0 Å². The van der Waals surface area contributed by atoms with Gasteiger partial charge in [0.2, 0.25) is 0 Å². The Bertz CT molecular complexity index is 1000. The number of fused-ring (bicyclic) bond motifs is 2. The fourth-order valence-electron chi connectivity index (χ4n) is 4.89. The fourth-order valence-corrected chi connectivity index (χ4v) is 4.89. The molecule has 6 heteroatoms. The van der Waals surface area contributed by atoms with Gasteiger partial charge in [0.15, 0.2) is 0 Å². The quantitative estimate of drug-likeness (QED) is 0.852. The second kappa shape index (κ2) is 6.95. The molecule has 5 rings (SSSR count). The maximum Gasteiger partial charge on any atom is 0.254 e. The zero-order chi connectivity index (χ0) is 20.1. The van der Waals surface area contributed by atoms with E-state index in [-0.39, 0.29) is 36.3 Å². The van der Waals surface area contributed by atoms with Crippen LogP contribution >= 0.6 is 0 Å². The Morgan fingerprint density at radius 1 is 1.21 bits per heavy atom. The largest absolute Gasteiger partial charge is 0.330 e. The van der Waals surface area contributed by atoms with E-state index in [1.54, 1.807) is 23.1 Å². The van der Waals surface area contributed by atoms with E-state index < -0.39 is 0 Å². The third-order valence-corrected chi connectivity index (χ3v) is 6.56. The second-order valence-corrected chi connectivity index (χ2v) is 8.22. The minimum Gasteiger partial charge on any atom is -0.330 e. The van der Waals surface area contributed by atoms with Gasteiger partial charge in [-0.25, -0.2) is 4.39 Å². The monoisotopic (exact) mass is 393 g/mol. The van der Waals surface area contributed by atoms with E-state index in [4.69, 9.17) is 0 Å². The van der Waals surface area contributed by atoms with Gasteiger partial charge in [-0.15, -0.1) is 0 Å². The normalized spacial score (nSPS) is 23.3. The first kappa shape index (κ1) is 18.3. The van der Waals surface area contributed by atoms with E-state index in [9.17, 15) is 14.0 Å². The van der Waals surface area contributed by atoms with E-state index in [1.807, 2.05) is 24.0 Å². The number of rotatable bonds is 2. The maximum atomic E-state index is 14.2. The van der Waals surface area contributed by atoms with Crippen LogP contribution < -0.4 is 5.32 Å². The molecule has 150 valence electrons. The number of hydrogen-bond donors (Lipinski definition) is 1. The molecule has 0 saturated carbocycles. The number of benzene rings is 2. The predicted molar refractivity (Wildman–Crippen MR) is 107 cm³/mol. The number of nitrogens with zero attached hydrogens (tertiary/aromatic N) is 2. The van der Waals surface area contributed by atoms with Crippen molar-refractivity contribution in [2.45, 2.75) is 44.9 Å². The Balaban J connectivity index is 1.38. The Kier molecular flexibility index (Phi) is 4.39. The molecular formula is C23H24FN3O2. The number of carbonyl (C=O) groups excluding carboxylic acids is 2. The van der Waals surface area contributed by atoms with Gasteiger partial charge in [-0.1, -0.05) is 12.1 Å². The molecular weight excluding hydrogens is 369 g/mol. The van der Waals surface area contributed by atoms with E-state index in [0.29, 0.717) is 23.2 Å². The van der Waals surface area contributed by atoms with E-state index in [1.165, 1.54) is 6.07 Å². The highest BCUT2D eigenvalue weighted by Gasteiger charge is 2.36. The van der Waals surface area contributed by atoms with Crippen LogP contribution in [0.1, 0.15) is 63.2 Å². The molecule has 2 aromatic rings. The van der Waals surface area contributed by atoms with Crippen LogP contribution in [-0.4, -0.2) is 40.7 Å². The number of hydrogen-bond acceptors (Lipinski definition) is 3. The van der Waals surface area contributed by atoms with Gasteiger partial charge >= 0.3 is 0 Å². The van der Waals surface area contributed by atoms with Gasteiger partial charge in [-0.05, 0) is 61.7 Å². The van der Waals surface area contributed by atoms with Crippen molar-refractivity contribution < 1.29 is 14.0 Å². The average molecular weight is 393 g/mol. The summed E-state index contributed by atoms with van der Waals surface area (Å²) in [6.45, 7) is 4.57. The fraction of sp³-hybridized carbons (Fsp3) is 0.391. The highest BCUT2D eigenvalue weighted by Crippen LogP contribution is 2.36. The van der Waals surface area contributed by atoms with Crippen molar-refractivity contribution in [2.75, 3.05) is 13.1 Å². The smallest absolute Gasteiger partial charge is 0.254 e. The van der Waals surface area contributed by atoms with Crippen molar-refractivity contribution in [3.05, 3.63) is 70.0 Å². The van der Waals surface area contributed by atoms with Gasteiger partial charge in [-0.3, -0.25) is 9.59 Å². The molecule has 0 bridgehead atoms. The van der Waals surface area contributed by atoms with Crippen LogP contribution in [0.15, 0.2) is 36.4 Å². The number of piperidine rings is 1. The summed E-state index contributed by atoms with van der Waals surface area (Å²) in [7, 11) is 0. The molecule has 1 fully saturated rings. The highest BCUT2D eigenvalue weighted by atomic mass is 19.1. The molecule has 0 radical (unpaired) electrons. The van der Waals surface area contributed by atoms with Crippen LogP contribution in [-0.2, 0) is 13.1 Å². The molecule has 2 amide bonds. The lowest BCUT2D eigenvalue weighted by atomic mass is 10.0. The third kappa shape index (κ3) is 2.94. The van der Waals surface area contributed by atoms with Crippen molar-refractivity contribution in [1.29, 1.82) is 0 Å². The SMILES string of the molecule is CC1c2cccc(F)c2CN1C(=O)c1ccc2c(c1)CN(C1CCCNC1)C2=O. The maximum absolute atomic E-state index is 14.2. The average Bonchev–Trinajstić information content (AvgIpc) is 3.26. The Morgan fingerprint density at radius 2 is 2.07 bits per heavy atom. The van der Waals surface area contributed by atoms with Crippen LogP contribution in [0.25, 0.3) is 0 Å². The van der Waals surface area contributed by atoms with Crippen LogP contribution in [0.3, 0.4) is 0 Å². The molecule has 3 aliphatic heterocycles. The van der Waals surface area contributed by atoms with Gasteiger partial charge in [0.1, 0.15) is 5.82 Å². The molecule has 1 N–H and O–H groups in total. The molecule has 5 nitrogen and oxygen atoms in total. The van der Waals surface area contributed by atoms with E-state index in [2.05, 4.69) is 5.32 Å². The molecule has 2 atom stereocenters. The lowest BCUT2D eigenvalue weighted by Crippen LogP contribution is -2.46. The summed E-state index contributed by atoms with van der Waals surface area (Å²) in [5.41, 5.74) is 3.62. The van der Waals surface area contributed by atoms with Crippen molar-refractivity contribution in [3.8, 4) is 0 Å². The summed E-state index contributed by atoms with van der Waals surface area (Å²) in [4.78, 5) is 29.7. The van der Waals surface area contributed by atoms with Crippen LogP contribution in [0.2, 0.25) is 0 Å². The van der Waals surface area contributed by atoms with Crippen molar-refractivity contribution >= 4 is 11.8 Å². The topological polar surface area (TPSA) is 52.7 Å². The Morgan fingerprint density at radius 3 is 2.83 bits per heavy atom. The predicted octanol–water partition coefficient (Wildman–Crippen LogP) is 3.25. The van der Waals surface area contributed by atoms with Crippen LogP contribution in [0.5, 0.6) is 0 Å². The van der Waals surface area contributed by atoms with E-state index >= 15 is 0 Å². The summed E-state index contributed by atoms with van der Waals surface area (Å²) in [5.74, 6) is -0.334.